The Morgan fingerprint density at radius 1 is 0.773 bits per heavy atom. The fraction of sp³-hybridized carbons (Fsp3) is 0.118. The van der Waals surface area contributed by atoms with Crippen molar-refractivity contribution in [1.82, 2.24) is 10.0 Å². The van der Waals surface area contributed by atoms with E-state index in [1.807, 2.05) is 60.7 Å². The molecule has 0 aromatic heterocycles. The number of hydrogen-bond acceptors (Lipinski definition) is 3. The van der Waals surface area contributed by atoms with Crippen LogP contribution in [0.3, 0.4) is 0 Å². The average Bonchev–Trinajstić information content (AvgIpc) is 2.58. The smallest absolute Gasteiger partial charge is 0.234 e. The Bertz CT molecular complexity index is 592. The maximum atomic E-state index is 8.06. The zero-order chi connectivity index (χ0) is 15.8. The second-order valence-electron chi connectivity index (χ2n) is 4.68. The molecule has 0 amide bonds. The van der Waals surface area contributed by atoms with Gasteiger partial charge in [0.2, 0.25) is 5.96 Å². The second kappa shape index (κ2) is 7.73. The summed E-state index contributed by atoms with van der Waals surface area (Å²) in [5.41, 5.74) is 1.97. The van der Waals surface area contributed by atoms with Gasteiger partial charge in [-0.2, -0.15) is 10.2 Å². The molecule has 0 aliphatic rings. The van der Waals surface area contributed by atoms with E-state index in [4.69, 9.17) is 5.41 Å². The maximum Gasteiger partial charge on any atom is 0.234 e. The van der Waals surface area contributed by atoms with Crippen LogP contribution in [-0.2, 0) is 0 Å². The van der Waals surface area contributed by atoms with Crippen LogP contribution in [0.4, 0.5) is 0 Å². The number of hydrazone groups is 2. The van der Waals surface area contributed by atoms with E-state index >= 15 is 0 Å². The van der Waals surface area contributed by atoms with Crippen LogP contribution in [0.1, 0.15) is 11.1 Å². The maximum absolute atomic E-state index is 8.06. The summed E-state index contributed by atoms with van der Waals surface area (Å²) in [5.74, 6) is 0.180. The topological polar surface area (TPSA) is 55.1 Å². The quantitative estimate of drug-likeness (QED) is 0.535. The first-order chi connectivity index (χ1) is 10.7. The van der Waals surface area contributed by atoms with Gasteiger partial charge >= 0.3 is 0 Å². The van der Waals surface area contributed by atoms with Gasteiger partial charge in [0.25, 0.3) is 0 Å². The zero-order valence-corrected chi connectivity index (χ0v) is 12.7. The van der Waals surface area contributed by atoms with E-state index in [0.29, 0.717) is 0 Å². The van der Waals surface area contributed by atoms with Crippen molar-refractivity contribution in [3.63, 3.8) is 0 Å². The molecule has 0 saturated carbocycles. The molecule has 2 rings (SSSR count). The van der Waals surface area contributed by atoms with Gasteiger partial charge in [-0.1, -0.05) is 60.7 Å². The summed E-state index contributed by atoms with van der Waals surface area (Å²) in [6, 6.07) is 19.5. The van der Waals surface area contributed by atoms with E-state index in [2.05, 4.69) is 10.2 Å². The Labute approximate surface area is 130 Å². The van der Waals surface area contributed by atoms with Crippen molar-refractivity contribution in [2.75, 3.05) is 14.1 Å². The minimum atomic E-state index is 0.180. The Kier molecular flexibility index (Phi) is 5.43. The highest BCUT2D eigenvalue weighted by molar-refractivity contribution is 5.84. The number of rotatable bonds is 4. The third kappa shape index (κ3) is 4.56. The molecule has 5 nitrogen and oxygen atoms in total. The van der Waals surface area contributed by atoms with E-state index in [1.165, 1.54) is 10.0 Å². The van der Waals surface area contributed by atoms with Crippen LogP contribution < -0.4 is 0 Å². The highest BCUT2D eigenvalue weighted by Crippen LogP contribution is 1.99. The van der Waals surface area contributed by atoms with E-state index in [9.17, 15) is 0 Å². The standard InChI is InChI=1S/C17H19N5/c1-21(19-13-15-9-5-3-6-10-15)17(18)22(2)20-14-16-11-7-4-8-12-16/h3-14,18H,1-2H3. The molecule has 2 aromatic carbocycles. The fourth-order valence-corrected chi connectivity index (χ4v) is 1.70. The lowest BCUT2D eigenvalue weighted by Crippen LogP contribution is -2.33. The summed E-state index contributed by atoms with van der Waals surface area (Å²) in [6.07, 6.45) is 3.42. The fourth-order valence-electron chi connectivity index (χ4n) is 1.70. The van der Waals surface area contributed by atoms with Crippen LogP contribution in [0.15, 0.2) is 70.9 Å². The molecule has 2 aromatic rings. The molecule has 0 atom stereocenters. The minimum absolute atomic E-state index is 0.180. The molecule has 0 fully saturated rings. The number of nitrogens with one attached hydrogen (secondary N) is 1. The third-order valence-corrected chi connectivity index (χ3v) is 2.97. The molecule has 22 heavy (non-hydrogen) atoms. The van der Waals surface area contributed by atoms with Crippen molar-refractivity contribution in [3.8, 4) is 0 Å². The average molecular weight is 293 g/mol. The Morgan fingerprint density at radius 3 is 1.50 bits per heavy atom. The molecule has 0 heterocycles. The van der Waals surface area contributed by atoms with Gasteiger partial charge in [-0.25, -0.2) is 10.0 Å². The first kappa shape index (κ1) is 15.4. The van der Waals surface area contributed by atoms with Gasteiger partial charge in [0, 0.05) is 14.1 Å². The van der Waals surface area contributed by atoms with Gasteiger partial charge in [0.05, 0.1) is 12.4 Å². The van der Waals surface area contributed by atoms with Gasteiger partial charge in [-0.05, 0) is 11.1 Å². The molecule has 0 aliphatic heterocycles. The van der Waals surface area contributed by atoms with Crippen molar-refractivity contribution < 1.29 is 0 Å². The van der Waals surface area contributed by atoms with Gasteiger partial charge in [-0.3, -0.25) is 5.41 Å². The molecule has 0 saturated heterocycles. The lowest BCUT2D eigenvalue weighted by molar-refractivity contribution is 0.412. The Morgan fingerprint density at radius 2 is 1.14 bits per heavy atom. The van der Waals surface area contributed by atoms with Crippen molar-refractivity contribution in [2.24, 2.45) is 10.2 Å². The van der Waals surface area contributed by atoms with E-state index in [1.54, 1.807) is 26.5 Å². The number of nitrogens with zero attached hydrogens (tertiary/aromatic N) is 4. The third-order valence-electron chi connectivity index (χ3n) is 2.97. The molecule has 112 valence electrons. The highest BCUT2D eigenvalue weighted by atomic mass is 15.6. The lowest BCUT2D eigenvalue weighted by atomic mass is 10.2. The van der Waals surface area contributed by atoms with Gasteiger partial charge in [-0.15, -0.1) is 0 Å². The molecule has 0 unspecified atom stereocenters. The summed E-state index contributed by atoms with van der Waals surface area (Å²) in [7, 11) is 3.44. The summed E-state index contributed by atoms with van der Waals surface area (Å²) in [4.78, 5) is 0. The largest absolute Gasteiger partial charge is 0.266 e. The van der Waals surface area contributed by atoms with Crippen molar-refractivity contribution in [2.45, 2.75) is 0 Å². The first-order valence-corrected chi connectivity index (χ1v) is 6.91. The van der Waals surface area contributed by atoms with Crippen LogP contribution in [0.5, 0.6) is 0 Å². The molecule has 0 aliphatic carbocycles. The monoisotopic (exact) mass is 293 g/mol. The van der Waals surface area contributed by atoms with Crippen LogP contribution in [0, 0.1) is 5.41 Å². The SMILES string of the molecule is CN(N=Cc1ccccc1)C(=N)N(C)N=Cc1ccccc1. The van der Waals surface area contributed by atoms with E-state index < -0.39 is 0 Å². The van der Waals surface area contributed by atoms with Crippen molar-refractivity contribution >= 4 is 18.4 Å². The van der Waals surface area contributed by atoms with Crippen LogP contribution in [-0.4, -0.2) is 42.5 Å². The normalized spacial score (nSPS) is 11.0. The molecule has 5 heteroatoms. The van der Waals surface area contributed by atoms with Crippen molar-refractivity contribution in [3.05, 3.63) is 71.8 Å². The van der Waals surface area contributed by atoms with Crippen LogP contribution in [0.2, 0.25) is 0 Å². The predicted octanol–water partition coefficient (Wildman–Crippen LogP) is 2.85. The zero-order valence-electron chi connectivity index (χ0n) is 12.7. The Hall–Kier alpha value is -2.95. The lowest BCUT2D eigenvalue weighted by Gasteiger charge is -2.19. The molecular weight excluding hydrogens is 274 g/mol. The molecule has 0 bridgehead atoms. The van der Waals surface area contributed by atoms with Gasteiger partial charge in [0.1, 0.15) is 0 Å². The predicted molar refractivity (Wildman–Crippen MR) is 91.3 cm³/mol. The highest BCUT2D eigenvalue weighted by Gasteiger charge is 2.06. The molecular formula is C17H19N5. The summed E-state index contributed by atoms with van der Waals surface area (Å²) in [5, 5.41) is 19.5. The summed E-state index contributed by atoms with van der Waals surface area (Å²) < 4.78 is 0. The van der Waals surface area contributed by atoms with E-state index in [0.717, 1.165) is 11.1 Å². The Balaban J connectivity index is 1.95. The number of hydrogen-bond donors (Lipinski definition) is 1. The van der Waals surface area contributed by atoms with Crippen LogP contribution >= 0.6 is 0 Å². The summed E-state index contributed by atoms with van der Waals surface area (Å²) >= 11 is 0. The molecule has 0 spiro atoms. The first-order valence-electron chi connectivity index (χ1n) is 6.91. The van der Waals surface area contributed by atoms with Gasteiger partial charge in [0.15, 0.2) is 0 Å². The minimum Gasteiger partial charge on any atom is -0.266 e. The van der Waals surface area contributed by atoms with Crippen LogP contribution in [0.25, 0.3) is 0 Å². The van der Waals surface area contributed by atoms with Gasteiger partial charge < -0.3 is 0 Å². The number of benzene rings is 2. The van der Waals surface area contributed by atoms with Crippen molar-refractivity contribution in [1.29, 1.82) is 5.41 Å². The van der Waals surface area contributed by atoms with E-state index in [-0.39, 0.29) is 5.96 Å². The number of guanidine groups is 1. The molecule has 1 N–H and O–H groups in total. The second-order valence-corrected chi connectivity index (χ2v) is 4.68. The molecule has 0 radical (unpaired) electrons. The summed E-state index contributed by atoms with van der Waals surface area (Å²) in [6.45, 7) is 0.